The predicted octanol–water partition coefficient (Wildman–Crippen LogP) is -0.774. The molecule has 2 aromatic rings. The molecule has 1 nitrogen and oxygen atoms in total. The van der Waals surface area contributed by atoms with Gasteiger partial charge in [0, 0.05) is 0 Å². The first kappa shape index (κ1) is 9.59. The summed E-state index contributed by atoms with van der Waals surface area (Å²) in [4.78, 5) is 0. The van der Waals surface area contributed by atoms with Crippen LogP contribution in [0.1, 0.15) is 0 Å². The van der Waals surface area contributed by atoms with Crippen LogP contribution in [0.2, 0.25) is 0 Å². The number of hydrogen-bond donors (Lipinski definition) is 1. The van der Waals surface area contributed by atoms with E-state index in [0.29, 0.717) is 5.69 Å². The van der Waals surface area contributed by atoms with Gasteiger partial charge in [-0.1, -0.05) is 17.8 Å². The number of nitrogen functional groups attached to an aromatic ring is 1. The standard InChI is InChI=1S/C10H8N.Na/c11-10-6-5-8-3-1-2-4-9(8)7-10;/h1-6H,11H2;/q-1;+1. The van der Waals surface area contributed by atoms with Gasteiger partial charge in [-0.25, -0.2) is 0 Å². The molecule has 2 N–H and O–H groups in total. The minimum atomic E-state index is 0. The summed E-state index contributed by atoms with van der Waals surface area (Å²) in [5.41, 5.74) is 6.27. The smallest absolute Gasteiger partial charge is 0.414 e. The van der Waals surface area contributed by atoms with Crippen LogP contribution in [0.5, 0.6) is 0 Å². The van der Waals surface area contributed by atoms with E-state index in [2.05, 4.69) is 6.07 Å². The molecule has 0 saturated heterocycles. The van der Waals surface area contributed by atoms with Crippen molar-refractivity contribution in [2.75, 3.05) is 5.73 Å². The molecule has 2 heteroatoms. The van der Waals surface area contributed by atoms with Gasteiger partial charge in [0.1, 0.15) is 0 Å². The Labute approximate surface area is 93.9 Å². The van der Waals surface area contributed by atoms with Gasteiger partial charge in [-0.05, 0) is 0 Å². The van der Waals surface area contributed by atoms with Crippen LogP contribution in [0, 0.1) is 6.07 Å². The third-order valence-corrected chi connectivity index (χ3v) is 1.68. The van der Waals surface area contributed by atoms with Crippen LogP contribution in [-0.4, -0.2) is 0 Å². The topological polar surface area (TPSA) is 26.0 Å². The Kier molecular flexibility index (Phi) is 3.15. The maximum atomic E-state index is 5.57. The molecule has 0 amide bonds. The number of anilines is 1. The number of hydrogen-bond acceptors (Lipinski definition) is 1. The molecule has 0 aliphatic carbocycles. The third-order valence-electron chi connectivity index (χ3n) is 1.68. The van der Waals surface area contributed by atoms with Gasteiger partial charge in [0.25, 0.3) is 0 Å². The molecule has 0 fully saturated rings. The predicted molar refractivity (Wildman–Crippen MR) is 47.2 cm³/mol. The van der Waals surface area contributed by atoms with Crippen LogP contribution in [-0.2, 0) is 0 Å². The van der Waals surface area contributed by atoms with Crippen molar-refractivity contribution in [3.63, 3.8) is 0 Å². The molecule has 0 atom stereocenters. The van der Waals surface area contributed by atoms with Crippen LogP contribution >= 0.6 is 0 Å². The molecule has 0 radical (unpaired) electrons. The molecular weight excluding hydrogens is 157 g/mol. The Hall–Kier alpha value is -0.500. The van der Waals surface area contributed by atoms with E-state index < -0.39 is 0 Å². The summed E-state index contributed by atoms with van der Waals surface area (Å²) in [7, 11) is 0. The van der Waals surface area contributed by atoms with E-state index in [-0.39, 0.29) is 29.6 Å². The molecule has 0 aliphatic heterocycles. The fraction of sp³-hybridized carbons (Fsp3) is 0. The number of nitrogens with two attached hydrogens (primary N) is 1. The van der Waals surface area contributed by atoms with Gasteiger partial charge in [-0.2, -0.15) is 0 Å². The van der Waals surface area contributed by atoms with Gasteiger partial charge in [0.05, 0.1) is 0 Å². The van der Waals surface area contributed by atoms with E-state index in [1.165, 1.54) is 5.39 Å². The van der Waals surface area contributed by atoms with E-state index in [1.54, 1.807) is 0 Å². The summed E-state index contributed by atoms with van der Waals surface area (Å²) < 4.78 is 0. The van der Waals surface area contributed by atoms with Crippen LogP contribution in [0.4, 0.5) is 5.69 Å². The second-order valence-electron chi connectivity index (χ2n) is 2.50. The largest absolute Gasteiger partial charge is 1.00 e. The monoisotopic (exact) mass is 165 g/mol. The molecule has 0 bridgehead atoms. The van der Waals surface area contributed by atoms with Gasteiger partial charge >= 0.3 is 29.6 Å². The van der Waals surface area contributed by atoms with Crippen molar-refractivity contribution in [3.8, 4) is 0 Å². The quantitative estimate of drug-likeness (QED) is 0.309. The summed E-state index contributed by atoms with van der Waals surface area (Å²) in [5.74, 6) is 0. The van der Waals surface area contributed by atoms with E-state index in [1.807, 2.05) is 36.4 Å². The molecule has 2 rings (SSSR count). The van der Waals surface area contributed by atoms with Crippen molar-refractivity contribution in [2.45, 2.75) is 0 Å². The molecule has 0 aliphatic rings. The molecule has 54 valence electrons. The van der Waals surface area contributed by atoms with Crippen LogP contribution in [0.15, 0.2) is 36.4 Å². The Bertz CT molecular complexity index is 384. The molecule has 0 unspecified atom stereocenters. The fourth-order valence-corrected chi connectivity index (χ4v) is 1.13. The van der Waals surface area contributed by atoms with Crippen molar-refractivity contribution < 1.29 is 29.6 Å². The molecule has 12 heavy (non-hydrogen) atoms. The Balaban J connectivity index is 0.000000720. The van der Waals surface area contributed by atoms with E-state index >= 15 is 0 Å². The summed E-state index contributed by atoms with van der Waals surface area (Å²) in [6.45, 7) is 0. The third kappa shape index (κ3) is 1.81. The van der Waals surface area contributed by atoms with Crippen molar-refractivity contribution in [1.29, 1.82) is 0 Å². The number of rotatable bonds is 0. The zero-order valence-electron chi connectivity index (χ0n) is 7.04. The first-order valence-corrected chi connectivity index (χ1v) is 3.53. The number of benzene rings is 2. The molecule has 0 spiro atoms. The molecule has 0 aromatic heterocycles. The summed E-state index contributed by atoms with van der Waals surface area (Å²) in [5, 5.41) is 2.26. The van der Waals surface area contributed by atoms with Crippen LogP contribution < -0.4 is 35.3 Å². The zero-order valence-corrected chi connectivity index (χ0v) is 9.04. The molecular formula is C10H8NNa. The average molecular weight is 165 g/mol. The maximum absolute atomic E-state index is 5.57. The molecule has 2 aromatic carbocycles. The van der Waals surface area contributed by atoms with Crippen molar-refractivity contribution in [2.24, 2.45) is 0 Å². The summed E-state index contributed by atoms with van der Waals surface area (Å²) >= 11 is 0. The first-order chi connectivity index (χ1) is 5.36. The Morgan fingerprint density at radius 1 is 1.00 bits per heavy atom. The molecule has 0 saturated carbocycles. The second kappa shape index (κ2) is 3.94. The fourth-order valence-electron chi connectivity index (χ4n) is 1.13. The van der Waals surface area contributed by atoms with Gasteiger partial charge in [0.2, 0.25) is 0 Å². The summed E-state index contributed by atoms with van der Waals surface area (Å²) in [6, 6.07) is 15.0. The SMILES string of the molecule is Nc1[c-]c2ccccc2cc1.[Na+]. The molecule has 0 heterocycles. The Morgan fingerprint density at radius 2 is 1.75 bits per heavy atom. The van der Waals surface area contributed by atoms with Crippen molar-refractivity contribution in [1.82, 2.24) is 0 Å². The van der Waals surface area contributed by atoms with Crippen molar-refractivity contribution >= 4 is 16.5 Å². The van der Waals surface area contributed by atoms with E-state index in [9.17, 15) is 0 Å². The summed E-state index contributed by atoms with van der Waals surface area (Å²) in [6.07, 6.45) is 0. The minimum absolute atomic E-state index is 0. The van der Waals surface area contributed by atoms with Gasteiger partial charge < -0.3 is 5.73 Å². The van der Waals surface area contributed by atoms with Crippen LogP contribution in [0.3, 0.4) is 0 Å². The van der Waals surface area contributed by atoms with Crippen molar-refractivity contribution in [3.05, 3.63) is 42.5 Å². The number of fused-ring (bicyclic) bond motifs is 1. The van der Waals surface area contributed by atoms with Gasteiger partial charge in [0.15, 0.2) is 0 Å². The minimum Gasteiger partial charge on any atom is -0.414 e. The van der Waals surface area contributed by atoms with Gasteiger partial charge in [-0.15, -0.1) is 41.1 Å². The van der Waals surface area contributed by atoms with Gasteiger partial charge in [-0.3, -0.25) is 0 Å². The second-order valence-corrected chi connectivity index (χ2v) is 2.50. The zero-order chi connectivity index (χ0) is 7.68. The van der Waals surface area contributed by atoms with E-state index in [4.69, 9.17) is 5.73 Å². The maximum Gasteiger partial charge on any atom is 1.00 e. The normalized spacial score (nSPS) is 9.33. The Morgan fingerprint density at radius 3 is 2.58 bits per heavy atom. The van der Waals surface area contributed by atoms with E-state index in [0.717, 1.165) is 5.39 Å². The average Bonchev–Trinajstić information content (AvgIpc) is 2.04. The first-order valence-electron chi connectivity index (χ1n) is 3.53. The van der Waals surface area contributed by atoms with Crippen LogP contribution in [0.25, 0.3) is 10.8 Å².